The lowest BCUT2D eigenvalue weighted by Gasteiger charge is -2.30. The first kappa shape index (κ1) is 22.4. The number of halogens is 2. The number of rotatable bonds is 8. The highest BCUT2D eigenvalue weighted by molar-refractivity contribution is 7.89. The predicted molar refractivity (Wildman–Crippen MR) is 118 cm³/mol. The average Bonchev–Trinajstić information content (AvgIpc) is 3.09. The molecule has 9 heteroatoms. The molecule has 0 atom stereocenters. The normalized spacial score (nSPS) is 14.6. The highest BCUT2D eigenvalue weighted by Gasteiger charge is 2.29. The van der Waals surface area contributed by atoms with Gasteiger partial charge in [-0.25, -0.2) is 21.9 Å². The molecule has 0 unspecified atom stereocenters. The average molecular weight is 459 g/mol. The number of benzene rings is 1. The van der Waals surface area contributed by atoms with Gasteiger partial charge in [0.25, 0.3) is 0 Å². The van der Waals surface area contributed by atoms with Crippen molar-refractivity contribution in [3.63, 3.8) is 0 Å². The summed E-state index contributed by atoms with van der Waals surface area (Å²) in [7, 11) is -4.12. The molecule has 4 rings (SSSR count). The van der Waals surface area contributed by atoms with E-state index in [4.69, 9.17) is 0 Å². The fourth-order valence-corrected chi connectivity index (χ4v) is 5.18. The zero-order valence-electron chi connectivity index (χ0n) is 17.7. The molecule has 2 heterocycles. The summed E-state index contributed by atoms with van der Waals surface area (Å²) in [6.07, 6.45) is 5.12. The van der Waals surface area contributed by atoms with E-state index >= 15 is 0 Å². The third kappa shape index (κ3) is 3.89. The zero-order chi connectivity index (χ0) is 22.9. The summed E-state index contributed by atoms with van der Waals surface area (Å²) in [5.74, 6) is 0. The van der Waals surface area contributed by atoms with Crippen LogP contribution in [0, 0.1) is 11.3 Å². The Morgan fingerprint density at radius 2 is 2.00 bits per heavy atom. The molecule has 32 heavy (non-hydrogen) atoms. The van der Waals surface area contributed by atoms with Crippen LogP contribution in [0.15, 0.2) is 41.4 Å². The van der Waals surface area contributed by atoms with Gasteiger partial charge in [-0.1, -0.05) is 13.0 Å². The summed E-state index contributed by atoms with van der Waals surface area (Å²) in [5.41, 5.74) is 3.75. The lowest BCUT2D eigenvalue weighted by Crippen LogP contribution is -2.37. The minimum atomic E-state index is -4.12. The van der Waals surface area contributed by atoms with Gasteiger partial charge < -0.3 is 4.57 Å². The Bertz CT molecular complexity index is 1270. The molecule has 3 aromatic rings. The number of sulfonamides is 1. The number of fused-ring (bicyclic) bond motifs is 1. The number of alkyl halides is 2. The predicted octanol–water partition coefficient (Wildman–Crippen LogP) is 4.45. The first-order valence-corrected chi connectivity index (χ1v) is 12.1. The Kier molecular flexibility index (Phi) is 6.26. The van der Waals surface area contributed by atoms with Gasteiger partial charge in [-0.05, 0) is 55.5 Å². The first-order valence-electron chi connectivity index (χ1n) is 10.6. The fourth-order valence-electron chi connectivity index (χ4n) is 4.04. The summed E-state index contributed by atoms with van der Waals surface area (Å²) < 4.78 is 54.5. The van der Waals surface area contributed by atoms with Crippen LogP contribution in [0.1, 0.15) is 43.4 Å². The van der Waals surface area contributed by atoms with E-state index in [1.54, 1.807) is 6.07 Å². The van der Waals surface area contributed by atoms with E-state index in [2.05, 4.69) is 28.6 Å². The molecule has 168 valence electrons. The molecule has 0 amide bonds. The minimum absolute atomic E-state index is 0.189. The van der Waals surface area contributed by atoms with E-state index in [0.717, 1.165) is 48.3 Å². The largest absolute Gasteiger partial charge is 0.335 e. The van der Waals surface area contributed by atoms with Gasteiger partial charge in [-0.2, -0.15) is 5.26 Å². The zero-order valence-corrected chi connectivity index (χ0v) is 18.5. The monoisotopic (exact) mass is 458 g/mol. The molecule has 6 nitrogen and oxygen atoms in total. The molecule has 2 aromatic heterocycles. The summed E-state index contributed by atoms with van der Waals surface area (Å²) in [4.78, 5) is 4.15. The van der Waals surface area contributed by atoms with Crippen LogP contribution in [0.5, 0.6) is 0 Å². The quantitative estimate of drug-likeness (QED) is 0.540. The number of aryl methyl sites for hydroxylation is 1. The van der Waals surface area contributed by atoms with E-state index in [9.17, 15) is 22.5 Å². The molecule has 1 fully saturated rings. The molecule has 1 N–H and O–H groups in total. The smallest absolute Gasteiger partial charge is 0.242 e. The van der Waals surface area contributed by atoms with Crippen molar-refractivity contribution in [3.8, 4) is 17.5 Å². The summed E-state index contributed by atoms with van der Waals surface area (Å²) in [6.45, 7) is -0.232. The van der Waals surface area contributed by atoms with Crippen LogP contribution in [0.4, 0.5) is 8.78 Å². The molecule has 1 aromatic carbocycles. The first-order chi connectivity index (χ1) is 15.4. The SMILES string of the molecule is CCc1ccc2c(c1)c(C#N)c(-c1ccc(S(=O)(=O)NC(CF)CF)cn1)n2C1CCC1. The fraction of sp³-hybridized carbons (Fsp3) is 0.391. The summed E-state index contributed by atoms with van der Waals surface area (Å²) in [5, 5.41) is 10.9. The number of hydrogen-bond donors (Lipinski definition) is 1. The van der Waals surface area contributed by atoms with Crippen LogP contribution >= 0.6 is 0 Å². The standard InChI is InChI=1S/C23H24F2N4O2S/c1-2-15-6-9-22-19(10-15)20(13-26)23(29(22)17-4-3-5-17)21-8-7-18(14-27-21)32(30,31)28-16(11-24)12-25/h6-10,14,16-17,28H,2-5,11-12H2,1H3. The molecular weight excluding hydrogens is 434 g/mol. The van der Waals surface area contributed by atoms with Crippen molar-refractivity contribution < 1.29 is 17.2 Å². The summed E-state index contributed by atoms with van der Waals surface area (Å²) in [6, 6.07) is 10.2. The summed E-state index contributed by atoms with van der Waals surface area (Å²) >= 11 is 0. The van der Waals surface area contributed by atoms with Crippen molar-refractivity contribution in [2.45, 2.75) is 49.6 Å². The maximum absolute atomic E-state index is 12.8. The van der Waals surface area contributed by atoms with Crippen molar-refractivity contribution >= 4 is 20.9 Å². The number of nitrogens with zero attached hydrogens (tertiary/aromatic N) is 3. The van der Waals surface area contributed by atoms with Gasteiger partial charge in [0.1, 0.15) is 24.3 Å². The van der Waals surface area contributed by atoms with Crippen molar-refractivity contribution in [2.24, 2.45) is 0 Å². The molecule has 0 saturated heterocycles. The van der Waals surface area contributed by atoms with Gasteiger partial charge in [0.2, 0.25) is 10.0 Å². The third-order valence-electron chi connectivity index (χ3n) is 6.01. The van der Waals surface area contributed by atoms with Crippen LogP contribution in [0.2, 0.25) is 0 Å². The highest BCUT2D eigenvalue weighted by Crippen LogP contribution is 2.42. The van der Waals surface area contributed by atoms with Gasteiger partial charge in [0.05, 0.1) is 28.5 Å². The van der Waals surface area contributed by atoms with Gasteiger partial charge >= 0.3 is 0 Å². The van der Waals surface area contributed by atoms with E-state index in [1.165, 1.54) is 6.07 Å². The molecule has 0 radical (unpaired) electrons. The molecular formula is C23H24F2N4O2S. The van der Waals surface area contributed by atoms with Crippen LogP contribution < -0.4 is 4.72 Å². The van der Waals surface area contributed by atoms with Crippen LogP contribution in [0.25, 0.3) is 22.3 Å². The van der Waals surface area contributed by atoms with Gasteiger partial charge in [0, 0.05) is 17.6 Å². The molecule has 0 aliphatic heterocycles. The maximum Gasteiger partial charge on any atom is 0.242 e. The maximum atomic E-state index is 12.8. The molecule has 1 saturated carbocycles. The Hall–Kier alpha value is -2.83. The molecule has 0 bridgehead atoms. The highest BCUT2D eigenvalue weighted by atomic mass is 32.2. The number of hydrogen-bond acceptors (Lipinski definition) is 4. The molecule has 0 spiro atoms. The number of nitrogens with one attached hydrogen (secondary N) is 1. The lowest BCUT2D eigenvalue weighted by molar-refractivity contribution is 0.324. The van der Waals surface area contributed by atoms with Crippen LogP contribution in [0.3, 0.4) is 0 Å². The van der Waals surface area contributed by atoms with Gasteiger partial charge in [-0.3, -0.25) is 4.98 Å². The van der Waals surface area contributed by atoms with Gasteiger partial charge in [0.15, 0.2) is 0 Å². The Balaban J connectivity index is 1.82. The van der Waals surface area contributed by atoms with Crippen molar-refractivity contribution in [2.75, 3.05) is 13.3 Å². The van der Waals surface area contributed by atoms with Crippen molar-refractivity contribution in [3.05, 3.63) is 47.7 Å². The third-order valence-corrected chi connectivity index (χ3v) is 7.52. The second-order valence-corrected chi connectivity index (χ2v) is 9.72. The van der Waals surface area contributed by atoms with Crippen LogP contribution in [-0.4, -0.2) is 37.4 Å². The van der Waals surface area contributed by atoms with E-state index in [-0.39, 0.29) is 10.9 Å². The van der Waals surface area contributed by atoms with Crippen molar-refractivity contribution in [1.29, 1.82) is 5.26 Å². The van der Waals surface area contributed by atoms with Crippen LogP contribution in [-0.2, 0) is 16.4 Å². The molecule has 1 aliphatic carbocycles. The minimum Gasteiger partial charge on any atom is -0.335 e. The molecule has 1 aliphatic rings. The Morgan fingerprint density at radius 1 is 1.25 bits per heavy atom. The van der Waals surface area contributed by atoms with E-state index in [1.807, 2.05) is 16.9 Å². The van der Waals surface area contributed by atoms with Crippen molar-refractivity contribution in [1.82, 2.24) is 14.3 Å². The number of aromatic nitrogens is 2. The number of nitriles is 1. The Morgan fingerprint density at radius 3 is 2.53 bits per heavy atom. The van der Waals surface area contributed by atoms with E-state index in [0.29, 0.717) is 17.0 Å². The Labute approximate surface area is 185 Å². The lowest BCUT2D eigenvalue weighted by atomic mass is 9.92. The second kappa shape index (κ2) is 8.96. The van der Waals surface area contributed by atoms with Gasteiger partial charge in [-0.15, -0.1) is 0 Å². The van der Waals surface area contributed by atoms with E-state index < -0.39 is 29.4 Å². The topological polar surface area (TPSA) is 87.8 Å². The second-order valence-electron chi connectivity index (χ2n) is 8.00. The number of pyridine rings is 1.